The lowest BCUT2D eigenvalue weighted by Gasteiger charge is -2.37. The van der Waals surface area contributed by atoms with Crippen LogP contribution in [0.4, 0.5) is 0 Å². The van der Waals surface area contributed by atoms with E-state index in [-0.39, 0.29) is 0 Å². The Morgan fingerprint density at radius 2 is 1.90 bits per heavy atom. The molecule has 0 amide bonds. The van der Waals surface area contributed by atoms with Crippen LogP contribution in [0.25, 0.3) is 0 Å². The summed E-state index contributed by atoms with van der Waals surface area (Å²) in [5.74, 6) is -0.305. The molecule has 2 N–H and O–H groups in total. The van der Waals surface area contributed by atoms with Gasteiger partial charge >= 0.3 is 5.97 Å². The second-order valence-corrected chi connectivity index (χ2v) is 6.44. The normalized spacial score (nSPS) is 18.3. The third kappa shape index (κ3) is 4.19. The number of benzene rings is 1. The summed E-state index contributed by atoms with van der Waals surface area (Å²) in [6, 6.07) is 6.55. The highest BCUT2D eigenvalue weighted by Crippen LogP contribution is 2.30. The molecule has 21 heavy (non-hydrogen) atoms. The quantitative estimate of drug-likeness (QED) is 0.839. The van der Waals surface area contributed by atoms with E-state index in [1.807, 2.05) is 13.8 Å². The number of nitrogens with one attached hydrogen (secondary N) is 1. The molecule has 1 heterocycles. The minimum atomic E-state index is -1.27. The van der Waals surface area contributed by atoms with Gasteiger partial charge in [-0.1, -0.05) is 23.7 Å². The Morgan fingerprint density at radius 3 is 2.48 bits per heavy atom. The smallest absolute Gasteiger partial charge is 0.340 e. The van der Waals surface area contributed by atoms with Crippen LogP contribution in [0.15, 0.2) is 24.3 Å². The fourth-order valence-corrected chi connectivity index (χ4v) is 2.82. The first-order valence-corrected chi connectivity index (χ1v) is 7.65. The maximum Gasteiger partial charge on any atom is 0.340 e. The zero-order valence-electron chi connectivity index (χ0n) is 12.4. The average Bonchev–Trinajstić information content (AvgIpc) is 2.48. The van der Waals surface area contributed by atoms with Gasteiger partial charge in [-0.05, 0) is 57.5 Å². The molecule has 1 aromatic rings. The molecular weight excluding hydrogens is 290 g/mol. The Balaban J connectivity index is 2.00. The zero-order chi connectivity index (χ0) is 15.5. The van der Waals surface area contributed by atoms with Gasteiger partial charge < -0.3 is 15.2 Å². The monoisotopic (exact) mass is 311 g/mol. The highest BCUT2D eigenvalue weighted by molar-refractivity contribution is 6.30. The number of piperidine rings is 1. The molecule has 4 nitrogen and oxygen atoms in total. The van der Waals surface area contributed by atoms with E-state index in [1.165, 1.54) is 0 Å². The van der Waals surface area contributed by atoms with Gasteiger partial charge in [-0.2, -0.15) is 0 Å². The maximum absolute atomic E-state index is 12.2. The number of carbonyl (C=O) groups is 1. The molecule has 1 atom stereocenters. The highest BCUT2D eigenvalue weighted by atomic mass is 35.5. The second-order valence-electron chi connectivity index (χ2n) is 6.00. The van der Waals surface area contributed by atoms with E-state index in [0.717, 1.165) is 25.9 Å². The van der Waals surface area contributed by atoms with Crippen LogP contribution < -0.4 is 5.32 Å². The van der Waals surface area contributed by atoms with E-state index in [1.54, 1.807) is 24.3 Å². The van der Waals surface area contributed by atoms with Crippen LogP contribution in [0, 0.1) is 5.92 Å². The predicted octanol–water partition coefficient (Wildman–Crippen LogP) is 2.69. The lowest BCUT2D eigenvalue weighted by Crippen LogP contribution is -2.43. The van der Waals surface area contributed by atoms with Crippen LogP contribution in [0.5, 0.6) is 0 Å². The minimum absolute atomic E-state index is 0.306. The van der Waals surface area contributed by atoms with Crippen molar-refractivity contribution >= 4 is 17.6 Å². The van der Waals surface area contributed by atoms with Crippen molar-refractivity contribution in [1.82, 2.24) is 5.32 Å². The molecule has 116 valence electrons. The Labute approximate surface area is 130 Å². The third-order valence-electron chi connectivity index (χ3n) is 4.09. The summed E-state index contributed by atoms with van der Waals surface area (Å²) in [4.78, 5) is 12.2. The zero-order valence-corrected chi connectivity index (χ0v) is 13.2. The Hall–Kier alpha value is -1.10. The van der Waals surface area contributed by atoms with Gasteiger partial charge in [0, 0.05) is 10.9 Å². The first-order valence-electron chi connectivity index (χ1n) is 7.27. The number of hydrogen-bond acceptors (Lipinski definition) is 4. The summed E-state index contributed by atoms with van der Waals surface area (Å²) >= 11 is 5.80. The molecule has 1 unspecified atom stereocenters. The third-order valence-corrected chi connectivity index (χ3v) is 4.35. The molecule has 2 rings (SSSR count). The summed E-state index contributed by atoms with van der Waals surface area (Å²) in [7, 11) is 0. The number of ether oxygens (including phenoxy) is 1. The predicted molar refractivity (Wildman–Crippen MR) is 82.2 cm³/mol. The molecule has 0 bridgehead atoms. The Bertz CT molecular complexity index is 481. The molecule has 1 aliphatic rings. The molecular formula is C16H22ClNO3. The van der Waals surface area contributed by atoms with Gasteiger partial charge in [-0.3, -0.25) is 0 Å². The van der Waals surface area contributed by atoms with Crippen LogP contribution in [0.2, 0.25) is 5.02 Å². The molecule has 5 heteroatoms. The topological polar surface area (TPSA) is 58.6 Å². The Kier molecular flexibility index (Phi) is 5.25. The van der Waals surface area contributed by atoms with Gasteiger partial charge in [0.05, 0.1) is 0 Å². The standard InChI is InChI=1S/C16H22ClNO3/c1-16(2,12-7-9-18-10-8-12)21-15(20)14(19)11-3-5-13(17)6-4-11/h3-6,12,14,18-19H,7-10H2,1-2H3. The van der Waals surface area contributed by atoms with Gasteiger partial charge in [-0.25, -0.2) is 4.79 Å². The van der Waals surface area contributed by atoms with Crippen molar-refractivity contribution in [1.29, 1.82) is 0 Å². The van der Waals surface area contributed by atoms with Crippen molar-refractivity contribution in [3.8, 4) is 0 Å². The molecule has 0 aliphatic carbocycles. The van der Waals surface area contributed by atoms with Crippen molar-refractivity contribution in [3.63, 3.8) is 0 Å². The highest BCUT2D eigenvalue weighted by Gasteiger charge is 2.35. The van der Waals surface area contributed by atoms with Crippen LogP contribution in [0.3, 0.4) is 0 Å². The van der Waals surface area contributed by atoms with E-state index in [0.29, 0.717) is 16.5 Å². The van der Waals surface area contributed by atoms with Gasteiger partial charge in [0.1, 0.15) is 5.60 Å². The van der Waals surface area contributed by atoms with Crippen LogP contribution >= 0.6 is 11.6 Å². The number of aliphatic hydroxyl groups excluding tert-OH is 1. The fourth-order valence-electron chi connectivity index (χ4n) is 2.70. The average molecular weight is 312 g/mol. The van der Waals surface area contributed by atoms with Gasteiger partial charge in [-0.15, -0.1) is 0 Å². The van der Waals surface area contributed by atoms with Gasteiger partial charge in [0.15, 0.2) is 6.10 Å². The van der Waals surface area contributed by atoms with Crippen molar-refractivity contribution in [2.75, 3.05) is 13.1 Å². The lowest BCUT2D eigenvalue weighted by atomic mass is 9.83. The van der Waals surface area contributed by atoms with E-state index in [4.69, 9.17) is 16.3 Å². The van der Waals surface area contributed by atoms with Crippen molar-refractivity contribution < 1.29 is 14.6 Å². The van der Waals surface area contributed by atoms with E-state index >= 15 is 0 Å². The molecule has 1 saturated heterocycles. The number of carbonyl (C=O) groups excluding carboxylic acids is 1. The van der Waals surface area contributed by atoms with Gasteiger partial charge in [0.25, 0.3) is 0 Å². The molecule has 1 aromatic carbocycles. The maximum atomic E-state index is 12.2. The number of halogens is 1. The first-order chi connectivity index (χ1) is 9.90. The van der Waals surface area contributed by atoms with Crippen molar-refractivity contribution in [2.24, 2.45) is 5.92 Å². The van der Waals surface area contributed by atoms with Crippen LogP contribution in [0.1, 0.15) is 38.4 Å². The largest absolute Gasteiger partial charge is 0.457 e. The summed E-state index contributed by atoms with van der Waals surface area (Å²) < 4.78 is 5.57. The van der Waals surface area contributed by atoms with Gasteiger partial charge in [0.2, 0.25) is 0 Å². The summed E-state index contributed by atoms with van der Waals surface area (Å²) in [6.07, 6.45) is 0.664. The molecule has 1 aliphatic heterocycles. The van der Waals surface area contributed by atoms with Crippen LogP contribution in [-0.2, 0) is 9.53 Å². The first kappa shape index (κ1) is 16.3. The van der Waals surface area contributed by atoms with Crippen LogP contribution in [-0.4, -0.2) is 29.8 Å². The fraction of sp³-hybridized carbons (Fsp3) is 0.562. The van der Waals surface area contributed by atoms with Crippen molar-refractivity contribution in [2.45, 2.75) is 38.4 Å². The molecule has 0 saturated carbocycles. The summed E-state index contributed by atoms with van der Waals surface area (Å²) in [6.45, 7) is 5.70. The van der Waals surface area contributed by atoms with E-state index in [2.05, 4.69) is 5.32 Å². The molecule has 0 spiro atoms. The number of hydrogen-bond donors (Lipinski definition) is 2. The number of esters is 1. The molecule has 1 fully saturated rings. The molecule has 0 aromatic heterocycles. The lowest BCUT2D eigenvalue weighted by molar-refractivity contribution is -0.173. The Morgan fingerprint density at radius 1 is 1.33 bits per heavy atom. The number of aliphatic hydroxyl groups is 1. The van der Waals surface area contributed by atoms with Crippen molar-refractivity contribution in [3.05, 3.63) is 34.9 Å². The number of rotatable bonds is 4. The second kappa shape index (κ2) is 6.77. The van der Waals surface area contributed by atoms with E-state index in [9.17, 15) is 9.90 Å². The minimum Gasteiger partial charge on any atom is -0.457 e. The molecule has 0 radical (unpaired) electrons. The summed E-state index contributed by atoms with van der Waals surface area (Å²) in [5.41, 5.74) is -0.0856. The van der Waals surface area contributed by atoms with E-state index < -0.39 is 17.7 Å². The summed E-state index contributed by atoms with van der Waals surface area (Å²) in [5, 5.41) is 14.0. The SMILES string of the molecule is CC(C)(OC(=O)C(O)c1ccc(Cl)cc1)C1CCNCC1.